The van der Waals surface area contributed by atoms with Crippen LogP contribution in [0.4, 0.5) is 0 Å². The van der Waals surface area contributed by atoms with Crippen LogP contribution in [0.15, 0.2) is 0 Å². The zero-order valence-corrected chi connectivity index (χ0v) is 12.9. The molecule has 1 fully saturated rings. The largest absolute Gasteiger partial charge is 0.343 e. The van der Waals surface area contributed by atoms with Gasteiger partial charge in [0.25, 0.3) is 0 Å². The number of hydrogen-bond acceptors (Lipinski definition) is 2. The van der Waals surface area contributed by atoms with Crippen molar-refractivity contribution in [3.63, 3.8) is 0 Å². The van der Waals surface area contributed by atoms with Crippen LogP contribution in [0.1, 0.15) is 65.2 Å². The van der Waals surface area contributed by atoms with E-state index in [0.29, 0.717) is 12.5 Å². The molecule has 1 rings (SSSR count). The number of carbonyl (C=O) groups excluding carboxylic acids is 1. The lowest BCUT2D eigenvalue weighted by Crippen LogP contribution is -2.38. The van der Waals surface area contributed by atoms with E-state index in [2.05, 4.69) is 13.8 Å². The molecule has 0 heterocycles. The first-order valence-corrected chi connectivity index (χ1v) is 8.21. The van der Waals surface area contributed by atoms with Gasteiger partial charge in [-0.3, -0.25) is 4.79 Å². The highest BCUT2D eigenvalue weighted by Gasteiger charge is 2.28. The number of unbranched alkanes of at least 4 members (excludes halogenated alkanes) is 1. The highest BCUT2D eigenvalue weighted by molar-refractivity contribution is 5.78. The van der Waals surface area contributed by atoms with E-state index in [1.807, 2.05) is 4.90 Å². The van der Waals surface area contributed by atoms with Crippen molar-refractivity contribution >= 4 is 5.91 Å². The number of nitrogens with two attached hydrogens (primary N) is 1. The Kier molecular flexibility index (Phi) is 8.11. The van der Waals surface area contributed by atoms with E-state index >= 15 is 0 Å². The van der Waals surface area contributed by atoms with Crippen molar-refractivity contribution < 1.29 is 4.79 Å². The summed E-state index contributed by atoms with van der Waals surface area (Å²) in [5.74, 6) is 1.55. The van der Waals surface area contributed by atoms with Gasteiger partial charge in [0.15, 0.2) is 0 Å². The van der Waals surface area contributed by atoms with Crippen LogP contribution < -0.4 is 5.73 Å². The van der Waals surface area contributed by atoms with E-state index in [1.165, 1.54) is 32.1 Å². The van der Waals surface area contributed by atoms with Crippen molar-refractivity contribution in [2.24, 2.45) is 17.6 Å². The summed E-state index contributed by atoms with van der Waals surface area (Å²) >= 11 is 0. The molecule has 3 heteroatoms. The first kappa shape index (κ1) is 16.5. The van der Waals surface area contributed by atoms with Crippen LogP contribution in [0.25, 0.3) is 0 Å². The minimum absolute atomic E-state index is 0.288. The minimum atomic E-state index is 0.288. The van der Waals surface area contributed by atoms with Gasteiger partial charge in [0.2, 0.25) is 5.91 Å². The third-order valence-corrected chi connectivity index (χ3v) is 4.49. The smallest absolute Gasteiger partial charge is 0.225 e. The standard InChI is InChI=1S/C16H32N2O/c1-3-5-7-14-8-10-15(11-9-14)16(19)18(4-2)13-6-12-17/h14-15H,3-13,17H2,1-2H3. The summed E-state index contributed by atoms with van der Waals surface area (Å²) in [6, 6.07) is 0. The van der Waals surface area contributed by atoms with Crippen LogP contribution >= 0.6 is 0 Å². The monoisotopic (exact) mass is 268 g/mol. The van der Waals surface area contributed by atoms with Crippen molar-refractivity contribution in [3.8, 4) is 0 Å². The molecule has 0 saturated heterocycles. The summed E-state index contributed by atoms with van der Waals surface area (Å²) in [7, 11) is 0. The maximum atomic E-state index is 12.4. The fraction of sp³-hybridized carbons (Fsp3) is 0.938. The van der Waals surface area contributed by atoms with E-state index in [4.69, 9.17) is 5.73 Å². The van der Waals surface area contributed by atoms with Crippen molar-refractivity contribution in [1.29, 1.82) is 0 Å². The molecule has 0 radical (unpaired) electrons. The summed E-state index contributed by atoms with van der Waals surface area (Å²) in [4.78, 5) is 14.4. The van der Waals surface area contributed by atoms with Gasteiger partial charge >= 0.3 is 0 Å². The van der Waals surface area contributed by atoms with Gasteiger partial charge in [-0.15, -0.1) is 0 Å². The summed E-state index contributed by atoms with van der Waals surface area (Å²) in [5.41, 5.74) is 5.54. The van der Waals surface area contributed by atoms with Gasteiger partial charge in [0.1, 0.15) is 0 Å². The third-order valence-electron chi connectivity index (χ3n) is 4.49. The van der Waals surface area contributed by atoms with Gasteiger partial charge in [-0.1, -0.05) is 26.2 Å². The Labute approximate surface area is 118 Å². The maximum Gasteiger partial charge on any atom is 0.225 e. The Bertz CT molecular complexity index is 247. The lowest BCUT2D eigenvalue weighted by atomic mass is 9.79. The maximum absolute atomic E-state index is 12.4. The second kappa shape index (κ2) is 9.35. The molecular formula is C16H32N2O. The molecular weight excluding hydrogens is 236 g/mol. The highest BCUT2D eigenvalue weighted by Crippen LogP contribution is 2.32. The summed E-state index contributed by atoms with van der Waals surface area (Å²) < 4.78 is 0. The van der Waals surface area contributed by atoms with Crippen molar-refractivity contribution in [2.75, 3.05) is 19.6 Å². The van der Waals surface area contributed by atoms with Crippen molar-refractivity contribution in [3.05, 3.63) is 0 Å². The fourth-order valence-corrected chi connectivity index (χ4v) is 3.16. The van der Waals surface area contributed by atoms with E-state index in [-0.39, 0.29) is 5.92 Å². The lowest BCUT2D eigenvalue weighted by molar-refractivity contribution is -0.136. The van der Waals surface area contributed by atoms with Gasteiger partial charge in [-0.05, 0) is 51.5 Å². The number of hydrogen-bond donors (Lipinski definition) is 1. The predicted molar refractivity (Wildman–Crippen MR) is 80.9 cm³/mol. The zero-order valence-electron chi connectivity index (χ0n) is 12.9. The van der Waals surface area contributed by atoms with Gasteiger partial charge in [0.05, 0.1) is 0 Å². The van der Waals surface area contributed by atoms with Crippen molar-refractivity contribution in [1.82, 2.24) is 4.90 Å². The molecule has 0 aromatic carbocycles. The van der Waals surface area contributed by atoms with Crippen LogP contribution in [0.3, 0.4) is 0 Å². The van der Waals surface area contributed by atoms with E-state index in [0.717, 1.165) is 38.3 Å². The van der Waals surface area contributed by atoms with Crippen LogP contribution in [0, 0.1) is 11.8 Å². The summed E-state index contributed by atoms with van der Waals surface area (Å²) in [6.45, 7) is 6.66. The van der Waals surface area contributed by atoms with E-state index in [1.54, 1.807) is 0 Å². The molecule has 0 aromatic heterocycles. The first-order chi connectivity index (χ1) is 9.22. The average Bonchev–Trinajstić information content (AvgIpc) is 2.46. The second-order valence-corrected chi connectivity index (χ2v) is 5.92. The second-order valence-electron chi connectivity index (χ2n) is 5.92. The minimum Gasteiger partial charge on any atom is -0.343 e. The molecule has 2 N–H and O–H groups in total. The number of rotatable bonds is 8. The molecule has 1 saturated carbocycles. The Balaban J connectivity index is 2.34. The Hall–Kier alpha value is -0.570. The average molecular weight is 268 g/mol. The number of amides is 1. The first-order valence-electron chi connectivity index (χ1n) is 8.21. The summed E-state index contributed by atoms with van der Waals surface area (Å²) in [5, 5.41) is 0. The van der Waals surface area contributed by atoms with E-state index in [9.17, 15) is 4.79 Å². The molecule has 0 aliphatic heterocycles. The Morgan fingerprint density at radius 1 is 1.16 bits per heavy atom. The molecule has 3 nitrogen and oxygen atoms in total. The molecule has 0 unspecified atom stereocenters. The summed E-state index contributed by atoms with van der Waals surface area (Å²) in [6.07, 6.45) is 9.64. The van der Waals surface area contributed by atoms with Crippen LogP contribution in [0.2, 0.25) is 0 Å². The highest BCUT2D eigenvalue weighted by atomic mass is 16.2. The normalized spacial score (nSPS) is 23.3. The van der Waals surface area contributed by atoms with Gasteiger partial charge < -0.3 is 10.6 Å². The van der Waals surface area contributed by atoms with Crippen molar-refractivity contribution in [2.45, 2.75) is 65.2 Å². The fourth-order valence-electron chi connectivity index (χ4n) is 3.16. The molecule has 112 valence electrons. The van der Waals surface area contributed by atoms with Crippen LogP contribution in [-0.4, -0.2) is 30.4 Å². The number of carbonyl (C=O) groups is 1. The molecule has 0 atom stereocenters. The quantitative estimate of drug-likeness (QED) is 0.735. The third kappa shape index (κ3) is 5.52. The molecule has 1 aliphatic rings. The molecule has 0 spiro atoms. The molecule has 1 amide bonds. The molecule has 1 aliphatic carbocycles. The predicted octanol–water partition coefficient (Wildman–Crippen LogP) is 3.18. The lowest BCUT2D eigenvalue weighted by Gasteiger charge is -2.31. The van der Waals surface area contributed by atoms with Crippen LogP contribution in [-0.2, 0) is 4.79 Å². The topological polar surface area (TPSA) is 46.3 Å². The van der Waals surface area contributed by atoms with Crippen LogP contribution in [0.5, 0.6) is 0 Å². The SMILES string of the molecule is CCCCC1CCC(C(=O)N(CC)CCCN)CC1. The zero-order chi connectivity index (χ0) is 14.1. The molecule has 19 heavy (non-hydrogen) atoms. The van der Waals surface area contributed by atoms with Gasteiger partial charge in [-0.2, -0.15) is 0 Å². The van der Waals surface area contributed by atoms with E-state index < -0.39 is 0 Å². The molecule has 0 aromatic rings. The number of nitrogens with zero attached hydrogens (tertiary/aromatic N) is 1. The van der Waals surface area contributed by atoms with Gasteiger partial charge in [-0.25, -0.2) is 0 Å². The van der Waals surface area contributed by atoms with Gasteiger partial charge in [0, 0.05) is 19.0 Å². The molecule has 0 bridgehead atoms. The Morgan fingerprint density at radius 3 is 2.37 bits per heavy atom. The Morgan fingerprint density at radius 2 is 1.84 bits per heavy atom.